The fraction of sp³-hybridized carbons (Fsp3) is 0.786. The second kappa shape index (κ2) is 8.61. The molecule has 0 amide bonds. The molecule has 1 N–H and O–H groups in total. The van der Waals surface area contributed by atoms with E-state index in [0.717, 1.165) is 13.1 Å². The molecular weight excluding hydrogens is 270 g/mol. The summed E-state index contributed by atoms with van der Waals surface area (Å²) in [5.74, 6) is 1.60. The van der Waals surface area contributed by atoms with Gasteiger partial charge in [-0.3, -0.25) is 0 Å². The molecular formula is C14H27N5O2. The van der Waals surface area contributed by atoms with E-state index in [2.05, 4.69) is 39.0 Å². The lowest BCUT2D eigenvalue weighted by Crippen LogP contribution is -2.33. The van der Waals surface area contributed by atoms with Crippen molar-refractivity contribution in [2.75, 3.05) is 44.1 Å². The minimum absolute atomic E-state index is 0.0162. The van der Waals surface area contributed by atoms with E-state index >= 15 is 0 Å². The first-order chi connectivity index (χ1) is 9.96. The van der Waals surface area contributed by atoms with Crippen LogP contribution in [0.1, 0.15) is 27.7 Å². The maximum atomic E-state index is 5.60. The van der Waals surface area contributed by atoms with Crippen molar-refractivity contribution in [3.63, 3.8) is 0 Å². The lowest BCUT2D eigenvalue weighted by atomic mass is 10.2. The number of ether oxygens (including phenoxy) is 2. The largest absolute Gasteiger partial charge is 0.461 e. The molecule has 0 aliphatic carbocycles. The lowest BCUT2D eigenvalue weighted by molar-refractivity contribution is 0.203. The van der Waals surface area contributed by atoms with E-state index in [4.69, 9.17) is 9.47 Å². The van der Waals surface area contributed by atoms with Gasteiger partial charge in [0.25, 0.3) is 0 Å². The standard InChI is InChI=1S/C14H27N5O2/c1-10(2)9-19(7-8-20-6)13-16-12(15-5)17-14(18-13)21-11(3)4/h10-11H,7-9H2,1-6H3,(H,15,16,17,18). The Kier molecular flexibility index (Phi) is 7.14. The maximum absolute atomic E-state index is 5.60. The minimum Gasteiger partial charge on any atom is -0.461 e. The predicted molar refractivity (Wildman–Crippen MR) is 84.1 cm³/mol. The van der Waals surface area contributed by atoms with E-state index in [-0.39, 0.29) is 6.10 Å². The molecule has 0 bridgehead atoms. The van der Waals surface area contributed by atoms with Gasteiger partial charge in [-0.2, -0.15) is 15.0 Å². The number of hydrogen-bond acceptors (Lipinski definition) is 7. The second-order valence-electron chi connectivity index (χ2n) is 5.49. The summed E-state index contributed by atoms with van der Waals surface area (Å²) in [6, 6.07) is 0.338. The second-order valence-corrected chi connectivity index (χ2v) is 5.49. The summed E-state index contributed by atoms with van der Waals surface area (Å²) in [7, 11) is 3.47. The van der Waals surface area contributed by atoms with Crippen molar-refractivity contribution in [3.05, 3.63) is 0 Å². The molecule has 0 aliphatic heterocycles. The third-order valence-corrected chi connectivity index (χ3v) is 2.60. The molecule has 0 saturated carbocycles. The number of nitrogens with one attached hydrogen (secondary N) is 1. The number of anilines is 2. The zero-order valence-electron chi connectivity index (χ0n) is 13.9. The highest BCUT2D eigenvalue weighted by molar-refractivity contribution is 5.38. The van der Waals surface area contributed by atoms with Crippen LogP contribution in [0.2, 0.25) is 0 Å². The van der Waals surface area contributed by atoms with Gasteiger partial charge in [0.1, 0.15) is 0 Å². The Bertz CT molecular complexity index is 426. The van der Waals surface area contributed by atoms with Gasteiger partial charge in [-0.1, -0.05) is 13.8 Å². The van der Waals surface area contributed by atoms with Crippen molar-refractivity contribution in [1.82, 2.24) is 15.0 Å². The normalized spacial score (nSPS) is 11.0. The van der Waals surface area contributed by atoms with E-state index in [1.165, 1.54) is 0 Å². The number of nitrogens with zero attached hydrogens (tertiary/aromatic N) is 4. The van der Waals surface area contributed by atoms with Crippen LogP contribution in [0.15, 0.2) is 0 Å². The Morgan fingerprint density at radius 1 is 1.14 bits per heavy atom. The zero-order valence-corrected chi connectivity index (χ0v) is 13.9. The van der Waals surface area contributed by atoms with Gasteiger partial charge in [-0.05, 0) is 19.8 Å². The number of hydrogen-bond donors (Lipinski definition) is 1. The Morgan fingerprint density at radius 2 is 1.86 bits per heavy atom. The van der Waals surface area contributed by atoms with Crippen LogP contribution in [0.25, 0.3) is 0 Å². The Morgan fingerprint density at radius 3 is 2.38 bits per heavy atom. The fourth-order valence-electron chi connectivity index (χ4n) is 1.78. The van der Waals surface area contributed by atoms with Gasteiger partial charge >= 0.3 is 6.01 Å². The van der Waals surface area contributed by atoms with E-state index in [9.17, 15) is 0 Å². The van der Waals surface area contributed by atoms with Gasteiger partial charge in [0.2, 0.25) is 11.9 Å². The summed E-state index contributed by atoms with van der Waals surface area (Å²) in [5.41, 5.74) is 0. The van der Waals surface area contributed by atoms with Crippen molar-refractivity contribution in [3.8, 4) is 6.01 Å². The van der Waals surface area contributed by atoms with Crippen molar-refractivity contribution in [2.24, 2.45) is 5.92 Å². The molecule has 0 atom stereocenters. The van der Waals surface area contributed by atoms with Crippen molar-refractivity contribution in [1.29, 1.82) is 0 Å². The van der Waals surface area contributed by atoms with Crippen LogP contribution >= 0.6 is 0 Å². The van der Waals surface area contributed by atoms with Crippen LogP contribution in [0.3, 0.4) is 0 Å². The highest BCUT2D eigenvalue weighted by Crippen LogP contribution is 2.17. The van der Waals surface area contributed by atoms with Crippen LogP contribution in [0, 0.1) is 5.92 Å². The molecule has 0 saturated heterocycles. The monoisotopic (exact) mass is 297 g/mol. The summed E-state index contributed by atoms with van der Waals surface area (Å²) >= 11 is 0. The highest BCUT2D eigenvalue weighted by Gasteiger charge is 2.15. The molecule has 120 valence electrons. The first-order valence-electron chi connectivity index (χ1n) is 7.30. The van der Waals surface area contributed by atoms with E-state index < -0.39 is 0 Å². The molecule has 7 nitrogen and oxygen atoms in total. The van der Waals surface area contributed by atoms with E-state index in [1.807, 2.05) is 13.8 Å². The van der Waals surface area contributed by atoms with Crippen LogP contribution in [0.5, 0.6) is 6.01 Å². The Balaban J connectivity index is 3.03. The average molecular weight is 297 g/mol. The molecule has 0 aliphatic rings. The zero-order chi connectivity index (χ0) is 15.8. The van der Waals surface area contributed by atoms with Crippen molar-refractivity contribution < 1.29 is 9.47 Å². The van der Waals surface area contributed by atoms with E-state index in [0.29, 0.717) is 30.4 Å². The summed E-state index contributed by atoms with van der Waals surface area (Å²) < 4.78 is 10.8. The molecule has 0 aromatic carbocycles. The third-order valence-electron chi connectivity index (χ3n) is 2.60. The number of methoxy groups -OCH3 is 1. The highest BCUT2D eigenvalue weighted by atomic mass is 16.5. The van der Waals surface area contributed by atoms with Gasteiger partial charge in [0, 0.05) is 27.2 Å². The minimum atomic E-state index is 0.0162. The quantitative estimate of drug-likeness (QED) is 0.745. The molecule has 0 spiro atoms. The van der Waals surface area contributed by atoms with E-state index in [1.54, 1.807) is 14.2 Å². The van der Waals surface area contributed by atoms with Gasteiger partial charge in [0.05, 0.1) is 12.7 Å². The lowest BCUT2D eigenvalue weighted by Gasteiger charge is -2.24. The summed E-state index contributed by atoms with van der Waals surface area (Å²) in [6.45, 7) is 10.4. The molecule has 1 aromatic rings. The van der Waals surface area contributed by atoms with Crippen molar-refractivity contribution in [2.45, 2.75) is 33.8 Å². The van der Waals surface area contributed by atoms with Crippen LogP contribution in [0.4, 0.5) is 11.9 Å². The number of aromatic nitrogens is 3. The summed E-state index contributed by atoms with van der Waals surface area (Å²) in [6.07, 6.45) is 0.0162. The first kappa shape index (κ1) is 17.4. The van der Waals surface area contributed by atoms with Gasteiger partial charge in [0.15, 0.2) is 0 Å². The molecule has 7 heteroatoms. The molecule has 1 aromatic heterocycles. The topological polar surface area (TPSA) is 72.4 Å². The molecule has 1 rings (SSSR count). The van der Waals surface area contributed by atoms with Crippen molar-refractivity contribution >= 4 is 11.9 Å². The fourth-order valence-corrected chi connectivity index (χ4v) is 1.78. The summed E-state index contributed by atoms with van der Waals surface area (Å²) in [5, 5.41) is 2.95. The van der Waals surface area contributed by atoms with Gasteiger partial charge in [-0.15, -0.1) is 0 Å². The van der Waals surface area contributed by atoms with Gasteiger partial charge < -0.3 is 19.7 Å². The van der Waals surface area contributed by atoms with Crippen LogP contribution < -0.4 is 15.0 Å². The first-order valence-corrected chi connectivity index (χ1v) is 7.30. The SMILES string of the molecule is CNc1nc(OC(C)C)nc(N(CCOC)CC(C)C)n1. The molecule has 0 radical (unpaired) electrons. The molecule has 1 heterocycles. The van der Waals surface area contributed by atoms with Crippen LogP contribution in [-0.2, 0) is 4.74 Å². The Hall–Kier alpha value is -1.63. The van der Waals surface area contributed by atoms with Crippen LogP contribution in [-0.4, -0.2) is 54.9 Å². The Labute approximate surface area is 127 Å². The summed E-state index contributed by atoms with van der Waals surface area (Å²) in [4.78, 5) is 15.1. The smallest absolute Gasteiger partial charge is 0.323 e. The number of rotatable bonds is 9. The van der Waals surface area contributed by atoms with Gasteiger partial charge in [-0.25, -0.2) is 0 Å². The molecule has 0 fully saturated rings. The third kappa shape index (κ3) is 6.12. The molecule has 21 heavy (non-hydrogen) atoms. The predicted octanol–water partition coefficient (Wildman–Crippen LogP) is 1.81. The average Bonchev–Trinajstić information content (AvgIpc) is 2.41. The maximum Gasteiger partial charge on any atom is 0.323 e. The molecule has 0 unspecified atom stereocenters.